The molecule has 0 spiro atoms. The normalized spacial score (nSPS) is 14.7. The second-order valence-electron chi connectivity index (χ2n) is 3.48. The Morgan fingerprint density at radius 3 is 2.93 bits per heavy atom. The molecule has 0 bridgehead atoms. The smallest absolute Gasteiger partial charge is 0.273 e. The summed E-state index contributed by atoms with van der Waals surface area (Å²) in [6, 6.07) is 3.31. The maximum Gasteiger partial charge on any atom is 0.273 e. The Morgan fingerprint density at radius 2 is 2.33 bits per heavy atom. The predicted octanol–water partition coefficient (Wildman–Crippen LogP) is 0.565. The molecular weight excluding hydrogens is 194 g/mol. The number of hydrogen-bond donors (Lipinski definition) is 2. The van der Waals surface area contributed by atoms with Gasteiger partial charge in [-0.1, -0.05) is 0 Å². The van der Waals surface area contributed by atoms with Gasteiger partial charge >= 0.3 is 0 Å². The number of ether oxygens (including phenoxy) is 1. The van der Waals surface area contributed by atoms with E-state index in [-0.39, 0.29) is 17.7 Å². The molecule has 2 rings (SSSR count). The molecule has 15 heavy (non-hydrogen) atoms. The number of carbonyl (C=O) groups excluding carboxylic acids is 1. The fraction of sp³-hybridized carbons (Fsp3) is 0.400. The number of hydrogen-bond acceptors (Lipinski definition) is 4. The summed E-state index contributed by atoms with van der Waals surface area (Å²) in [6.45, 7) is 0. The van der Waals surface area contributed by atoms with Crippen molar-refractivity contribution in [1.82, 2.24) is 10.3 Å². The summed E-state index contributed by atoms with van der Waals surface area (Å²) in [5.41, 5.74) is 5.77. The molecular formula is C10H13N3O2. The Labute approximate surface area is 87.6 Å². The summed E-state index contributed by atoms with van der Waals surface area (Å²) in [5, 5.41) is 2.51. The molecule has 1 aromatic heterocycles. The van der Waals surface area contributed by atoms with E-state index in [2.05, 4.69) is 10.3 Å². The van der Waals surface area contributed by atoms with Crippen LogP contribution in [0.5, 0.6) is 5.75 Å². The minimum absolute atomic E-state index is 0.235. The van der Waals surface area contributed by atoms with Crippen molar-refractivity contribution < 1.29 is 9.53 Å². The molecule has 0 aliphatic heterocycles. The van der Waals surface area contributed by atoms with Gasteiger partial charge in [0.1, 0.15) is 5.82 Å². The molecule has 5 nitrogen and oxygen atoms in total. The average Bonchev–Trinajstić information content (AvgIpc) is 3.03. The number of amides is 1. The highest BCUT2D eigenvalue weighted by molar-refractivity contribution is 5.95. The first kappa shape index (κ1) is 9.76. The lowest BCUT2D eigenvalue weighted by atomic mass is 10.3. The number of carbonyl (C=O) groups is 1. The first-order chi connectivity index (χ1) is 7.20. The van der Waals surface area contributed by atoms with Crippen LogP contribution in [0.25, 0.3) is 0 Å². The standard InChI is InChI=1S/C10H13N3O2/c1-12-10(14)9-7(15-6-2-3-6)4-5-8(11)13-9/h4-6H,2-3H2,1H3,(H2,11,13)(H,12,14). The molecule has 0 saturated heterocycles. The number of nitrogens with one attached hydrogen (secondary N) is 1. The third kappa shape index (κ3) is 2.18. The third-order valence-corrected chi connectivity index (χ3v) is 2.14. The highest BCUT2D eigenvalue weighted by Gasteiger charge is 2.26. The number of nitrogen functional groups attached to an aromatic ring is 1. The van der Waals surface area contributed by atoms with Gasteiger partial charge in [0.15, 0.2) is 11.4 Å². The van der Waals surface area contributed by atoms with Crippen molar-refractivity contribution in [2.24, 2.45) is 0 Å². The summed E-state index contributed by atoms with van der Waals surface area (Å²) in [5.74, 6) is 0.542. The van der Waals surface area contributed by atoms with Crippen molar-refractivity contribution in [2.45, 2.75) is 18.9 Å². The maximum absolute atomic E-state index is 11.5. The van der Waals surface area contributed by atoms with Gasteiger partial charge < -0.3 is 15.8 Å². The summed E-state index contributed by atoms with van der Waals surface area (Å²) in [6.07, 6.45) is 2.31. The van der Waals surface area contributed by atoms with Crippen LogP contribution >= 0.6 is 0 Å². The SMILES string of the molecule is CNC(=O)c1nc(N)ccc1OC1CC1. The lowest BCUT2D eigenvalue weighted by molar-refractivity contribution is 0.0953. The Hall–Kier alpha value is -1.78. The minimum atomic E-state index is -0.280. The van der Waals surface area contributed by atoms with E-state index in [1.165, 1.54) is 0 Å². The zero-order chi connectivity index (χ0) is 10.8. The van der Waals surface area contributed by atoms with E-state index < -0.39 is 0 Å². The van der Waals surface area contributed by atoms with Crippen LogP contribution in [0.1, 0.15) is 23.3 Å². The summed E-state index contributed by atoms with van der Waals surface area (Å²) >= 11 is 0. The minimum Gasteiger partial charge on any atom is -0.488 e. The molecule has 1 heterocycles. The van der Waals surface area contributed by atoms with Crippen molar-refractivity contribution >= 4 is 11.7 Å². The average molecular weight is 207 g/mol. The molecule has 0 unspecified atom stereocenters. The predicted molar refractivity (Wildman–Crippen MR) is 55.7 cm³/mol. The molecule has 1 aliphatic carbocycles. The van der Waals surface area contributed by atoms with Crippen molar-refractivity contribution in [3.05, 3.63) is 17.8 Å². The summed E-state index contributed by atoms with van der Waals surface area (Å²) < 4.78 is 5.56. The topological polar surface area (TPSA) is 77.2 Å². The largest absolute Gasteiger partial charge is 0.488 e. The third-order valence-electron chi connectivity index (χ3n) is 2.14. The molecule has 0 aromatic carbocycles. The number of anilines is 1. The van der Waals surface area contributed by atoms with Crippen molar-refractivity contribution in [3.8, 4) is 5.75 Å². The molecule has 0 atom stereocenters. The summed E-state index contributed by atoms with van der Waals surface area (Å²) in [4.78, 5) is 15.4. The Bertz CT molecular complexity index is 388. The van der Waals surface area contributed by atoms with E-state index in [0.717, 1.165) is 12.8 Å². The van der Waals surface area contributed by atoms with Crippen LogP contribution in [0.2, 0.25) is 0 Å². The first-order valence-electron chi connectivity index (χ1n) is 4.86. The lowest BCUT2D eigenvalue weighted by Gasteiger charge is -2.09. The van der Waals surface area contributed by atoms with E-state index in [9.17, 15) is 4.79 Å². The van der Waals surface area contributed by atoms with Crippen LogP contribution in [0.4, 0.5) is 5.82 Å². The van der Waals surface area contributed by atoms with Gasteiger partial charge in [0.2, 0.25) is 0 Å². The van der Waals surface area contributed by atoms with E-state index >= 15 is 0 Å². The van der Waals surface area contributed by atoms with E-state index in [0.29, 0.717) is 11.6 Å². The van der Waals surface area contributed by atoms with Crippen LogP contribution in [0, 0.1) is 0 Å². The van der Waals surface area contributed by atoms with Gasteiger partial charge in [0.25, 0.3) is 5.91 Å². The Morgan fingerprint density at radius 1 is 1.60 bits per heavy atom. The van der Waals surface area contributed by atoms with Gasteiger partial charge in [0, 0.05) is 7.05 Å². The van der Waals surface area contributed by atoms with Crippen LogP contribution in [-0.4, -0.2) is 24.0 Å². The van der Waals surface area contributed by atoms with Gasteiger partial charge in [-0.15, -0.1) is 0 Å². The molecule has 1 amide bonds. The quantitative estimate of drug-likeness (QED) is 0.759. The monoisotopic (exact) mass is 207 g/mol. The number of rotatable bonds is 3. The van der Waals surface area contributed by atoms with Crippen molar-refractivity contribution in [2.75, 3.05) is 12.8 Å². The Kier molecular flexibility index (Phi) is 2.45. The van der Waals surface area contributed by atoms with Crippen LogP contribution in [0.3, 0.4) is 0 Å². The molecule has 1 fully saturated rings. The van der Waals surface area contributed by atoms with E-state index in [1.54, 1.807) is 19.2 Å². The highest BCUT2D eigenvalue weighted by Crippen LogP contribution is 2.28. The fourth-order valence-corrected chi connectivity index (χ4v) is 1.20. The zero-order valence-corrected chi connectivity index (χ0v) is 8.49. The second-order valence-corrected chi connectivity index (χ2v) is 3.48. The first-order valence-corrected chi connectivity index (χ1v) is 4.86. The molecule has 3 N–H and O–H groups in total. The van der Waals surface area contributed by atoms with Gasteiger partial charge in [-0.05, 0) is 25.0 Å². The number of nitrogens with two attached hydrogens (primary N) is 1. The van der Waals surface area contributed by atoms with Gasteiger partial charge in [-0.3, -0.25) is 4.79 Å². The van der Waals surface area contributed by atoms with Crippen LogP contribution in [0.15, 0.2) is 12.1 Å². The van der Waals surface area contributed by atoms with E-state index in [1.807, 2.05) is 0 Å². The molecule has 80 valence electrons. The number of nitrogens with zero attached hydrogens (tertiary/aromatic N) is 1. The molecule has 1 aliphatic rings. The molecule has 1 aromatic rings. The molecule has 1 saturated carbocycles. The second kappa shape index (κ2) is 3.76. The van der Waals surface area contributed by atoms with Crippen LogP contribution < -0.4 is 15.8 Å². The summed E-state index contributed by atoms with van der Waals surface area (Å²) in [7, 11) is 1.55. The molecule has 5 heteroatoms. The van der Waals surface area contributed by atoms with Gasteiger partial charge in [0.05, 0.1) is 6.10 Å². The van der Waals surface area contributed by atoms with Crippen molar-refractivity contribution in [3.63, 3.8) is 0 Å². The van der Waals surface area contributed by atoms with Crippen molar-refractivity contribution in [1.29, 1.82) is 0 Å². The molecule has 0 radical (unpaired) electrons. The fourth-order valence-electron chi connectivity index (χ4n) is 1.20. The zero-order valence-electron chi connectivity index (χ0n) is 8.49. The van der Waals surface area contributed by atoms with Crippen LogP contribution in [-0.2, 0) is 0 Å². The number of pyridine rings is 1. The number of aromatic nitrogens is 1. The lowest BCUT2D eigenvalue weighted by Crippen LogP contribution is -2.21. The maximum atomic E-state index is 11.5. The van der Waals surface area contributed by atoms with Gasteiger partial charge in [-0.2, -0.15) is 0 Å². The Balaban J connectivity index is 2.29. The van der Waals surface area contributed by atoms with E-state index in [4.69, 9.17) is 10.5 Å². The van der Waals surface area contributed by atoms with Gasteiger partial charge in [-0.25, -0.2) is 4.98 Å². The highest BCUT2D eigenvalue weighted by atomic mass is 16.5.